The highest BCUT2D eigenvalue weighted by Gasteiger charge is 2.34. The summed E-state index contributed by atoms with van der Waals surface area (Å²) in [4.78, 5) is 25.7. The molecule has 23 heavy (non-hydrogen) atoms. The number of nitrogens with zero attached hydrogens (tertiary/aromatic N) is 1. The van der Waals surface area contributed by atoms with E-state index < -0.39 is 17.9 Å². The van der Waals surface area contributed by atoms with Crippen LogP contribution in [0.5, 0.6) is 5.75 Å². The van der Waals surface area contributed by atoms with Crippen LogP contribution in [0.1, 0.15) is 6.42 Å². The zero-order chi connectivity index (χ0) is 17.4. The van der Waals surface area contributed by atoms with Gasteiger partial charge in [0.2, 0.25) is 0 Å². The molecule has 1 atom stereocenters. The van der Waals surface area contributed by atoms with E-state index in [9.17, 15) is 14.7 Å². The Morgan fingerprint density at radius 2 is 2.00 bits per heavy atom. The number of hydrogen-bond acceptors (Lipinski definition) is 6. The summed E-state index contributed by atoms with van der Waals surface area (Å²) in [5.74, 6) is -0.873. The van der Waals surface area contributed by atoms with E-state index in [-0.39, 0.29) is 30.3 Å². The molecule has 0 saturated carbocycles. The highest BCUT2D eigenvalue weighted by molar-refractivity contribution is 6.34. The molecule has 8 heteroatoms. The van der Waals surface area contributed by atoms with E-state index in [4.69, 9.17) is 25.8 Å². The summed E-state index contributed by atoms with van der Waals surface area (Å²) >= 11 is 6.21. The molecule has 128 valence electrons. The summed E-state index contributed by atoms with van der Waals surface area (Å²) in [6.45, 7) is -0.587. The lowest BCUT2D eigenvalue weighted by atomic mass is 10.1. The van der Waals surface area contributed by atoms with E-state index >= 15 is 0 Å². The van der Waals surface area contributed by atoms with Gasteiger partial charge < -0.3 is 19.3 Å². The second-order valence-corrected chi connectivity index (χ2v) is 4.95. The molecule has 1 N–H and O–H groups in total. The Hall–Kier alpha value is -1.83. The molecule has 1 aromatic carbocycles. The maximum absolute atomic E-state index is 12.5. The molecular formula is C15H20ClNO6. The molecule has 0 radical (unpaired) electrons. The first-order valence-corrected chi connectivity index (χ1v) is 7.21. The number of amides is 1. The van der Waals surface area contributed by atoms with Crippen LogP contribution in [-0.4, -0.2) is 57.6 Å². The van der Waals surface area contributed by atoms with E-state index in [0.29, 0.717) is 5.75 Å². The monoisotopic (exact) mass is 345 g/mol. The summed E-state index contributed by atoms with van der Waals surface area (Å²) in [6.07, 6.45) is -0.0174. The standard InChI is InChI=1S/C15H20ClNO6/c1-21-9-13(19)17(11(7-8-18)15(20)23-3)14-10(16)5-4-6-12(14)22-2/h4-6,11,18H,7-9H2,1-3H3/t11-/m0/s1. The molecule has 0 heterocycles. The average molecular weight is 346 g/mol. The van der Waals surface area contributed by atoms with Crippen LogP contribution < -0.4 is 9.64 Å². The van der Waals surface area contributed by atoms with Gasteiger partial charge in [-0.3, -0.25) is 9.69 Å². The zero-order valence-electron chi connectivity index (χ0n) is 13.2. The van der Waals surface area contributed by atoms with Crippen molar-refractivity contribution in [3.8, 4) is 5.75 Å². The van der Waals surface area contributed by atoms with Crippen molar-refractivity contribution in [2.45, 2.75) is 12.5 Å². The first kappa shape index (κ1) is 19.2. The van der Waals surface area contributed by atoms with Crippen molar-refractivity contribution in [3.05, 3.63) is 23.2 Å². The number of para-hydroxylation sites is 1. The lowest BCUT2D eigenvalue weighted by molar-refractivity contribution is -0.144. The number of benzene rings is 1. The van der Waals surface area contributed by atoms with Gasteiger partial charge in [-0.1, -0.05) is 17.7 Å². The minimum atomic E-state index is -1.05. The van der Waals surface area contributed by atoms with Crippen molar-refractivity contribution in [1.29, 1.82) is 0 Å². The Kier molecular flexibility index (Phi) is 7.80. The molecule has 0 aliphatic carbocycles. The number of halogens is 1. The molecule has 0 aliphatic heterocycles. The van der Waals surface area contributed by atoms with Crippen LogP contribution in [0.15, 0.2) is 18.2 Å². The van der Waals surface area contributed by atoms with E-state index in [1.54, 1.807) is 18.2 Å². The average Bonchev–Trinajstić information content (AvgIpc) is 2.55. The second kappa shape index (κ2) is 9.34. The fraction of sp³-hybridized carbons (Fsp3) is 0.467. The van der Waals surface area contributed by atoms with Gasteiger partial charge in [-0.25, -0.2) is 4.79 Å². The van der Waals surface area contributed by atoms with Gasteiger partial charge in [0.25, 0.3) is 5.91 Å². The quantitative estimate of drug-likeness (QED) is 0.714. The Morgan fingerprint density at radius 1 is 1.30 bits per heavy atom. The molecule has 7 nitrogen and oxygen atoms in total. The van der Waals surface area contributed by atoms with Gasteiger partial charge in [0.1, 0.15) is 24.1 Å². The Balaban J connectivity index is 3.46. The Labute approximate surface area is 139 Å². The summed E-state index contributed by atoms with van der Waals surface area (Å²) in [6, 6.07) is 3.78. The van der Waals surface area contributed by atoms with E-state index in [0.717, 1.165) is 4.90 Å². The van der Waals surface area contributed by atoms with Crippen molar-refractivity contribution in [2.75, 3.05) is 39.4 Å². The largest absolute Gasteiger partial charge is 0.495 e. The topological polar surface area (TPSA) is 85.3 Å². The fourth-order valence-corrected chi connectivity index (χ4v) is 2.41. The number of hydrogen-bond donors (Lipinski definition) is 1. The van der Waals surface area contributed by atoms with Gasteiger partial charge in [0.15, 0.2) is 0 Å². The van der Waals surface area contributed by atoms with Crippen LogP contribution in [0, 0.1) is 0 Å². The van der Waals surface area contributed by atoms with Gasteiger partial charge in [-0.2, -0.15) is 0 Å². The maximum atomic E-state index is 12.5. The van der Waals surface area contributed by atoms with Crippen LogP contribution >= 0.6 is 11.6 Å². The molecule has 1 rings (SSSR count). The third-order valence-electron chi connectivity index (χ3n) is 3.13. The molecule has 0 bridgehead atoms. The fourth-order valence-electron chi connectivity index (χ4n) is 2.15. The number of rotatable bonds is 8. The molecule has 0 fully saturated rings. The minimum absolute atomic E-state index is 0.0174. The van der Waals surface area contributed by atoms with Crippen molar-refractivity contribution in [3.63, 3.8) is 0 Å². The Bertz CT molecular complexity index is 551. The lowest BCUT2D eigenvalue weighted by Gasteiger charge is -2.31. The summed E-state index contributed by atoms with van der Waals surface area (Å²) in [5, 5.41) is 9.47. The SMILES string of the molecule is COCC(=O)N(c1c(Cl)cccc1OC)[C@@H](CCO)C(=O)OC. The third kappa shape index (κ3) is 4.57. The molecule has 0 aromatic heterocycles. The summed E-state index contributed by atoms with van der Waals surface area (Å²) < 4.78 is 14.9. The molecular weight excluding hydrogens is 326 g/mol. The van der Waals surface area contributed by atoms with E-state index in [1.807, 2.05) is 0 Å². The number of esters is 1. The number of methoxy groups -OCH3 is 3. The van der Waals surface area contributed by atoms with Gasteiger partial charge in [-0.05, 0) is 12.1 Å². The molecule has 1 amide bonds. The first-order chi connectivity index (χ1) is 11.0. The predicted octanol–water partition coefficient (Wildman–Crippen LogP) is 1.25. The highest BCUT2D eigenvalue weighted by atomic mass is 35.5. The van der Waals surface area contributed by atoms with Gasteiger partial charge in [0, 0.05) is 20.1 Å². The van der Waals surface area contributed by atoms with E-state index in [2.05, 4.69) is 0 Å². The minimum Gasteiger partial charge on any atom is -0.495 e. The molecule has 0 spiro atoms. The molecule has 0 aliphatic rings. The first-order valence-electron chi connectivity index (χ1n) is 6.84. The van der Waals surface area contributed by atoms with Crippen LogP contribution in [0.2, 0.25) is 5.02 Å². The van der Waals surface area contributed by atoms with Gasteiger partial charge in [0.05, 0.1) is 19.2 Å². The second-order valence-electron chi connectivity index (χ2n) is 4.54. The maximum Gasteiger partial charge on any atom is 0.329 e. The molecule has 0 saturated heterocycles. The number of carbonyl (C=O) groups excluding carboxylic acids is 2. The van der Waals surface area contributed by atoms with Crippen LogP contribution in [-0.2, 0) is 19.1 Å². The van der Waals surface area contributed by atoms with Crippen molar-refractivity contribution in [2.24, 2.45) is 0 Å². The van der Waals surface area contributed by atoms with Gasteiger partial charge >= 0.3 is 5.97 Å². The smallest absolute Gasteiger partial charge is 0.329 e. The number of aliphatic hydroxyl groups is 1. The number of ether oxygens (including phenoxy) is 3. The van der Waals surface area contributed by atoms with Crippen molar-refractivity contribution < 1.29 is 28.9 Å². The van der Waals surface area contributed by atoms with Gasteiger partial charge in [-0.15, -0.1) is 0 Å². The van der Waals surface area contributed by atoms with Crippen LogP contribution in [0.3, 0.4) is 0 Å². The molecule has 0 unspecified atom stereocenters. The number of aliphatic hydroxyl groups excluding tert-OH is 1. The summed E-state index contributed by atoms with van der Waals surface area (Å²) in [5.41, 5.74) is 0.225. The van der Waals surface area contributed by atoms with Crippen LogP contribution in [0.4, 0.5) is 5.69 Å². The van der Waals surface area contributed by atoms with Crippen molar-refractivity contribution >= 4 is 29.2 Å². The predicted molar refractivity (Wildman–Crippen MR) is 84.9 cm³/mol. The van der Waals surface area contributed by atoms with Crippen LogP contribution in [0.25, 0.3) is 0 Å². The van der Waals surface area contributed by atoms with Crippen molar-refractivity contribution in [1.82, 2.24) is 0 Å². The Morgan fingerprint density at radius 3 is 2.52 bits per heavy atom. The highest BCUT2D eigenvalue weighted by Crippen LogP contribution is 2.37. The lowest BCUT2D eigenvalue weighted by Crippen LogP contribution is -2.48. The number of carbonyl (C=O) groups is 2. The third-order valence-corrected chi connectivity index (χ3v) is 3.44. The zero-order valence-corrected chi connectivity index (χ0v) is 14.0. The van der Waals surface area contributed by atoms with E-state index in [1.165, 1.54) is 21.3 Å². The number of anilines is 1. The molecule has 1 aromatic rings. The normalized spacial score (nSPS) is 11.7. The summed E-state index contributed by atoms with van der Waals surface area (Å²) in [7, 11) is 3.99.